The van der Waals surface area contributed by atoms with E-state index in [1.165, 1.54) is 33.3 Å². The molecule has 7 nitrogen and oxygen atoms in total. The number of amides is 2. The number of halogens is 1. The van der Waals surface area contributed by atoms with E-state index in [0.29, 0.717) is 34.2 Å². The molecule has 4 bridgehead atoms. The first-order chi connectivity index (χ1) is 15.7. The molecule has 0 aliphatic heterocycles. The molecule has 1 unspecified atom stereocenters. The van der Waals surface area contributed by atoms with Crippen LogP contribution in [0.25, 0.3) is 0 Å². The molecule has 1 atom stereocenters. The van der Waals surface area contributed by atoms with Gasteiger partial charge < -0.3 is 20.1 Å². The summed E-state index contributed by atoms with van der Waals surface area (Å²) in [5.41, 5.74) is 1.00. The normalized spacial score (nSPS) is 28.2. The number of esters is 1. The van der Waals surface area contributed by atoms with Crippen LogP contribution in [0.3, 0.4) is 0 Å². The smallest absolute Gasteiger partial charge is 0.308 e. The van der Waals surface area contributed by atoms with Crippen molar-refractivity contribution in [2.24, 2.45) is 23.2 Å². The van der Waals surface area contributed by atoms with Crippen molar-refractivity contribution in [3.8, 4) is 5.75 Å². The second-order valence-electron chi connectivity index (χ2n) is 10.1. The highest BCUT2D eigenvalue weighted by Crippen LogP contribution is 2.60. The average molecular weight is 477 g/mol. The van der Waals surface area contributed by atoms with E-state index >= 15 is 0 Å². The molecule has 0 heterocycles. The summed E-state index contributed by atoms with van der Waals surface area (Å²) in [6.45, 7) is 3.55. The Morgan fingerprint density at radius 1 is 1.12 bits per heavy atom. The van der Waals surface area contributed by atoms with Gasteiger partial charge in [0.05, 0.1) is 19.2 Å². The van der Waals surface area contributed by atoms with Crippen molar-refractivity contribution in [1.29, 1.82) is 0 Å². The second kappa shape index (κ2) is 9.53. The summed E-state index contributed by atoms with van der Waals surface area (Å²) in [6, 6.07) is 3.32. The zero-order valence-electron chi connectivity index (χ0n) is 19.5. The average Bonchev–Trinajstić information content (AvgIpc) is 2.75. The fraction of sp³-hybridized carbons (Fsp3) is 0.640. The van der Waals surface area contributed by atoms with Crippen LogP contribution in [0, 0.1) is 30.1 Å². The molecule has 5 rings (SSSR count). The molecular weight excluding hydrogens is 444 g/mol. The Balaban J connectivity index is 1.23. The van der Waals surface area contributed by atoms with E-state index in [0.717, 1.165) is 24.8 Å². The topological polar surface area (TPSA) is 93.7 Å². The number of nitrogens with one attached hydrogen (secondary N) is 2. The fourth-order valence-electron chi connectivity index (χ4n) is 6.33. The second-order valence-corrected chi connectivity index (χ2v) is 10.5. The standard InChI is InChI=1S/C25H33ClN2O5/c1-14-6-20(21(32-3)10-19(14)26)28-23(30)15(2)33-22(29)4-5-27-24(31)25-11-16-7-17(12-25)9-18(8-16)13-25/h6,10,15-18H,4-5,7-9,11-13H2,1-3H3,(H,27,31)(H,28,30). The van der Waals surface area contributed by atoms with Crippen molar-refractivity contribution in [2.75, 3.05) is 19.0 Å². The molecular formula is C25H33ClN2O5. The number of carbonyl (C=O) groups is 3. The van der Waals surface area contributed by atoms with Gasteiger partial charge >= 0.3 is 5.97 Å². The van der Waals surface area contributed by atoms with E-state index in [-0.39, 0.29) is 24.3 Å². The molecule has 2 N–H and O–H groups in total. The van der Waals surface area contributed by atoms with Crippen LogP contribution >= 0.6 is 11.6 Å². The minimum atomic E-state index is -0.989. The number of carbonyl (C=O) groups excluding carboxylic acids is 3. The summed E-state index contributed by atoms with van der Waals surface area (Å²) < 4.78 is 10.5. The molecule has 4 aliphatic carbocycles. The number of anilines is 1. The molecule has 4 aliphatic rings. The SMILES string of the molecule is COc1cc(Cl)c(C)cc1NC(=O)C(C)OC(=O)CCNC(=O)C12CC3CC(CC(C3)C1)C2. The fourth-order valence-corrected chi connectivity index (χ4v) is 6.48. The van der Waals surface area contributed by atoms with E-state index in [4.69, 9.17) is 21.1 Å². The van der Waals surface area contributed by atoms with Crippen molar-refractivity contribution in [1.82, 2.24) is 5.32 Å². The molecule has 1 aromatic rings. The number of hydrogen-bond acceptors (Lipinski definition) is 5. The monoisotopic (exact) mass is 476 g/mol. The van der Waals surface area contributed by atoms with Crippen LogP contribution in [-0.4, -0.2) is 37.5 Å². The third kappa shape index (κ3) is 5.13. The Morgan fingerprint density at radius 2 is 1.73 bits per heavy atom. The van der Waals surface area contributed by atoms with Crippen LogP contribution in [0.4, 0.5) is 5.69 Å². The lowest BCUT2D eigenvalue weighted by Crippen LogP contribution is -2.53. The third-order valence-electron chi connectivity index (χ3n) is 7.55. The van der Waals surface area contributed by atoms with Gasteiger partial charge in [-0.2, -0.15) is 0 Å². The van der Waals surface area contributed by atoms with Crippen LogP contribution < -0.4 is 15.4 Å². The van der Waals surface area contributed by atoms with Crippen LogP contribution in [0.2, 0.25) is 5.02 Å². The Kier molecular flexibility index (Phi) is 6.89. The zero-order valence-corrected chi connectivity index (χ0v) is 20.3. The highest BCUT2D eigenvalue weighted by Gasteiger charge is 2.54. The number of hydrogen-bond donors (Lipinski definition) is 2. The lowest BCUT2D eigenvalue weighted by molar-refractivity contribution is -0.153. The quantitative estimate of drug-likeness (QED) is 0.547. The van der Waals surface area contributed by atoms with Gasteiger partial charge in [0.15, 0.2) is 6.10 Å². The van der Waals surface area contributed by atoms with Gasteiger partial charge in [-0.1, -0.05) is 11.6 Å². The first-order valence-electron chi connectivity index (χ1n) is 11.8. The number of benzene rings is 1. The summed E-state index contributed by atoms with van der Waals surface area (Å²) in [5, 5.41) is 6.21. The Hall–Kier alpha value is -2.28. The Morgan fingerprint density at radius 3 is 2.30 bits per heavy atom. The van der Waals surface area contributed by atoms with Crippen molar-refractivity contribution in [2.45, 2.75) is 64.9 Å². The maximum Gasteiger partial charge on any atom is 0.308 e. The third-order valence-corrected chi connectivity index (χ3v) is 7.96. The molecule has 33 heavy (non-hydrogen) atoms. The van der Waals surface area contributed by atoms with E-state index in [1.807, 2.05) is 6.92 Å². The molecule has 2 amide bonds. The lowest BCUT2D eigenvalue weighted by Gasteiger charge is -2.55. The summed E-state index contributed by atoms with van der Waals surface area (Å²) in [7, 11) is 1.48. The molecule has 8 heteroatoms. The predicted octanol–water partition coefficient (Wildman–Crippen LogP) is 4.25. The first kappa shape index (κ1) is 23.9. The highest BCUT2D eigenvalue weighted by molar-refractivity contribution is 6.31. The van der Waals surface area contributed by atoms with Crippen LogP contribution in [0.1, 0.15) is 57.4 Å². The summed E-state index contributed by atoms with van der Waals surface area (Å²) in [5.74, 6) is 1.58. The lowest BCUT2D eigenvalue weighted by atomic mass is 9.49. The van der Waals surface area contributed by atoms with Gasteiger partial charge in [0.2, 0.25) is 5.91 Å². The molecule has 1 aromatic carbocycles. The van der Waals surface area contributed by atoms with E-state index in [1.54, 1.807) is 12.1 Å². The molecule has 4 fully saturated rings. The maximum absolute atomic E-state index is 13.0. The minimum absolute atomic E-state index is 0.0269. The van der Waals surface area contributed by atoms with Gasteiger partial charge in [-0.3, -0.25) is 14.4 Å². The molecule has 4 saturated carbocycles. The number of ether oxygens (including phenoxy) is 2. The maximum atomic E-state index is 13.0. The largest absolute Gasteiger partial charge is 0.495 e. The number of rotatable bonds is 8. The molecule has 0 aromatic heterocycles. The van der Waals surface area contributed by atoms with E-state index in [2.05, 4.69) is 10.6 Å². The number of methoxy groups -OCH3 is 1. The predicted molar refractivity (Wildman–Crippen MR) is 125 cm³/mol. The van der Waals surface area contributed by atoms with Crippen LogP contribution in [0.5, 0.6) is 5.75 Å². The van der Waals surface area contributed by atoms with Gasteiger partial charge in [0.25, 0.3) is 5.91 Å². The summed E-state index contributed by atoms with van der Waals surface area (Å²) >= 11 is 6.10. The minimum Gasteiger partial charge on any atom is -0.495 e. The van der Waals surface area contributed by atoms with Gasteiger partial charge in [-0.25, -0.2) is 0 Å². The summed E-state index contributed by atoms with van der Waals surface area (Å²) in [6.07, 6.45) is 5.83. The first-order valence-corrected chi connectivity index (χ1v) is 12.2. The van der Waals surface area contributed by atoms with Gasteiger partial charge in [-0.05, 0) is 81.8 Å². The van der Waals surface area contributed by atoms with Crippen molar-refractivity contribution in [3.63, 3.8) is 0 Å². The van der Waals surface area contributed by atoms with E-state index in [9.17, 15) is 14.4 Å². The molecule has 0 radical (unpaired) electrons. The van der Waals surface area contributed by atoms with Crippen molar-refractivity contribution < 1.29 is 23.9 Å². The van der Waals surface area contributed by atoms with Crippen LogP contribution in [-0.2, 0) is 19.1 Å². The van der Waals surface area contributed by atoms with Gasteiger partial charge in [-0.15, -0.1) is 0 Å². The molecule has 0 spiro atoms. The van der Waals surface area contributed by atoms with E-state index < -0.39 is 18.0 Å². The van der Waals surface area contributed by atoms with Gasteiger partial charge in [0, 0.05) is 23.0 Å². The Bertz CT molecular complexity index is 912. The van der Waals surface area contributed by atoms with Crippen LogP contribution in [0.15, 0.2) is 12.1 Å². The highest BCUT2D eigenvalue weighted by atomic mass is 35.5. The molecule has 180 valence electrons. The zero-order chi connectivity index (χ0) is 23.8. The van der Waals surface area contributed by atoms with Crippen molar-refractivity contribution >= 4 is 35.1 Å². The summed E-state index contributed by atoms with van der Waals surface area (Å²) in [4.78, 5) is 37.7. The van der Waals surface area contributed by atoms with Gasteiger partial charge in [0.1, 0.15) is 5.75 Å². The van der Waals surface area contributed by atoms with Crippen molar-refractivity contribution in [3.05, 3.63) is 22.7 Å². The molecule has 0 saturated heterocycles. The Labute approximate surface area is 199 Å². The number of aryl methyl sites for hydroxylation is 1.